The molecule has 0 aromatic heterocycles. The van der Waals surface area contributed by atoms with Gasteiger partial charge in [0.1, 0.15) is 5.78 Å². The molecule has 1 aromatic carbocycles. The molecule has 0 N–H and O–H groups in total. The van der Waals surface area contributed by atoms with E-state index in [9.17, 15) is 4.79 Å². The lowest BCUT2D eigenvalue weighted by Crippen LogP contribution is -2.05. The van der Waals surface area contributed by atoms with Gasteiger partial charge in [-0.3, -0.25) is 4.79 Å². The summed E-state index contributed by atoms with van der Waals surface area (Å²) in [6.07, 6.45) is 5.60. The van der Waals surface area contributed by atoms with Gasteiger partial charge in [-0.1, -0.05) is 41.5 Å². The molecular formula is C14H16O. The lowest BCUT2D eigenvalue weighted by Gasteiger charge is -2.12. The van der Waals surface area contributed by atoms with E-state index in [2.05, 4.69) is 37.3 Å². The number of aryl methyl sites for hydroxylation is 1. The van der Waals surface area contributed by atoms with Crippen molar-refractivity contribution in [3.05, 3.63) is 41.0 Å². The number of carbonyl (C=O) groups is 1. The summed E-state index contributed by atoms with van der Waals surface area (Å²) >= 11 is 0. The molecule has 0 aliphatic heterocycles. The van der Waals surface area contributed by atoms with Crippen LogP contribution >= 0.6 is 0 Å². The Morgan fingerprint density at radius 1 is 1.00 bits per heavy atom. The Morgan fingerprint density at radius 2 is 1.60 bits per heavy atom. The topological polar surface area (TPSA) is 17.1 Å². The highest BCUT2D eigenvalue weighted by molar-refractivity contribution is 5.80. The molecule has 1 heteroatoms. The highest BCUT2D eigenvalue weighted by Gasteiger charge is 2.11. The van der Waals surface area contributed by atoms with Crippen molar-refractivity contribution in [2.75, 3.05) is 0 Å². The van der Waals surface area contributed by atoms with E-state index in [1.54, 1.807) is 0 Å². The number of ketones is 1. The molecule has 1 saturated carbocycles. The number of rotatable bonds is 1. The first kappa shape index (κ1) is 10.2. The van der Waals surface area contributed by atoms with Gasteiger partial charge in [-0.05, 0) is 25.3 Å². The van der Waals surface area contributed by atoms with Crippen LogP contribution in [0.2, 0.25) is 0 Å². The van der Waals surface area contributed by atoms with Crippen molar-refractivity contribution in [1.29, 1.82) is 0 Å². The molecule has 0 atom stereocenters. The number of carbonyl (C=O) groups excluding carboxylic acids is 1. The van der Waals surface area contributed by atoms with Crippen molar-refractivity contribution in [3.63, 3.8) is 0 Å². The molecule has 1 aliphatic carbocycles. The molecule has 78 valence electrons. The number of Topliss-reactive ketones (excluding diaryl/α,β-unsaturated/α-hetero) is 1. The highest BCUT2D eigenvalue weighted by atomic mass is 16.1. The average Bonchev–Trinajstić information content (AvgIpc) is 2.25. The van der Waals surface area contributed by atoms with Crippen molar-refractivity contribution in [3.8, 4) is 0 Å². The third-order valence-corrected chi connectivity index (χ3v) is 2.90. The molecule has 1 nitrogen and oxygen atoms in total. The van der Waals surface area contributed by atoms with Gasteiger partial charge in [0.15, 0.2) is 0 Å². The maximum Gasteiger partial charge on any atom is 0.133 e. The Morgan fingerprint density at radius 3 is 2.20 bits per heavy atom. The van der Waals surface area contributed by atoms with Gasteiger partial charge in [0, 0.05) is 12.8 Å². The Hall–Kier alpha value is -1.37. The number of hydrogen-bond donors (Lipinski definition) is 0. The number of allylic oxidation sites excluding steroid dienone is 1. The fourth-order valence-electron chi connectivity index (χ4n) is 1.89. The van der Waals surface area contributed by atoms with Crippen LogP contribution in [0.25, 0.3) is 6.08 Å². The standard InChI is InChI=1S/C14H16O/c1-11-2-4-12(5-3-11)10-13-6-8-14(15)9-7-13/h2-5,10H,6-9H2,1H3. The van der Waals surface area contributed by atoms with Gasteiger partial charge in [-0.2, -0.15) is 0 Å². The van der Waals surface area contributed by atoms with E-state index < -0.39 is 0 Å². The number of benzene rings is 1. The van der Waals surface area contributed by atoms with Gasteiger partial charge in [0.05, 0.1) is 0 Å². The van der Waals surface area contributed by atoms with Crippen LogP contribution < -0.4 is 0 Å². The second-order valence-electron chi connectivity index (χ2n) is 4.25. The van der Waals surface area contributed by atoms with Crippen molar-refractivity contribution in [1.82, 2.24) is 0 Å². The predicted molar refractivity (Wildman–Crippen MR) is 62.6 cm³/mol. The van der Waals surface area contributed by atoms with E-state index in [0.29, 0.717) is 5.78 Å². The molecule has 1 aliphatic rings. The molecular weight excluding hydrogens is 184 g/mol. The summed E-state index contributed by atoms with van der Waals surface area (Å²) in [5.74, 6) is 0.413. The fourth-order valence-corrected chi connectivity index (χ4v) is 1.89. The Bertz CT molecular complexity index is 372. The van der Waals surface area contributed by atoms with Crippen molar-refractivity contribution >= 4 is 11.9 Å². The maximum atomic E-state index is 11.1. The molecule has 0 radical (unpaired) electrons. The summed E-state index contributed by atoms with van der Waals surface area (Å²) in [6, 6.07) is 8.53. The molecule has 0 bridgehead atoms. The van der Waals surface area contributed by atoms with Crippen LogP contribution in [0.15, 0.2) is 29.8 Å². The molecule has 0 amide bonds. The van der Waals surface area contributed by atoms with E-state index in [0.717, 1.165) is 25.7 Å². The van der Waals surface area contributed by atoms with Crippen molar-refractivity contribution < 1.29 is 4.79 Å². The predicted octanol–water partition coefficient (Wildman–Crippen LogP) is 3.52. The van der Waals surface area contributed by atoms with Crippen molar-refractivity contribution in [2.45, 2.75) is 32.6 Å². The average molecular weight is 200 g/mol. The lowest BCUT2D eigenvalue weighted by molar-refractivity contribution is -0.119. The second-order valence-corrected chi connectivity index (χ2v) is 4.25. The fraction of sp³-hybridized carbons (Fsp3) is 0.357. The van der Waals surface area contributed by atoms with Gasteiger partial charge in [0.2, 0.25) is 0 Å². The van der Waals surface area contributed by atoms with Crippen LogP contribution in [0.5, 0.6) is 0 Å². The first-order valence-corrected chi connectivity index (χ1v) is 5.52. The summed E-state index contributed by atoms with van der Waals surface area (Å²) in [4.78, 5) is 11.1. The monoisotopic (exact) mass is 200 g/mol. The zero-order chi connectivity index (χ0) is 10.7. The van der Waals surface area contributed by atoms with E-state index in [-0.39, 0.29) is 0 Å². The second kappa shape index (κ2) is 4.43. The summed E-state index contributed by atoms with van der Waals surface area (Å²) in [7, 11) is 0. The molecule has 0 spiro atoms. The van der Waals surface area contributed by atoms with Gasteiger partial charge >= 0.3 is 0 Å². The van der Waals surface area contributed by atoms with Crippen molar-refractivity contribution in [2.24, 2.45) is 0 Å². The molecule has 0 unspecified atom stereocenters. The maximum absolute atomic E-state index is 11.1. The Balaban J connectivity index is 2.09. The van der Waals surface area contributed by atoms with Gasteiger partial charge in [-0.25, -0.2) is 0 Å². The minimum absolute atomic E-state index is 0.413. The van der Waals surface area contributed by atoms with Crippen LogP contribution in [0.1, 0.15) is 36.8 Å². The molecule has 1 aromatic rings. The Labute approximate surface area is 90.8 Å². The number of hydrogen-bond acceptors (Lipinski definition) is 1. The molecule has 0 saturated heterocycles. The first-order chi connectivity index (χ1) is 7.24. The van der Waals surface area contributed by atoms with E-state index in [4.69, 9.17) is 0 Å². The van der Waals surface area contributed by atoms with Gasteiger partial charge < -0.3 is 0 Å². The molecule has 0 heterocycles. The van der Waals surface area contributed by atoms with Gasteiger partial charge in [-0.15, -0.1) is 0 Å². The normalized spacial score (nSPS) is 16.6. The molecule has 1 fully saturated rings. The quantitative estimate of drug-likeness (QED) is 0.678. The summed E-state index contributed by atoms with van der Waals surface area (Å²) < 4.78 is 0. The van der Waals surface area contributed by atoms with E-state index in [1.165, 1.54) is 16.7 Å². The van der Waals surface area contributed by atoms with Crippen LogP contribution in [-0.4, -0.2) is 5.78 Å². The van der Waals surface area contributed by atoms with E-state index >= 15 is 0 Å². The van der Waals surface area contributed by atoms with Crippen LogP contribution in [0.4, 0.5) is 0 Å². The molecule has 2 rings (SSSR count). The minimum atomic E-state index is 0.413. The summed E-state index contributed by atoms with van der Waals surface area (Å²) in [5.41, 5.74) is 3.96. The third kappa shape index (κ3) is 2.79. The van der Waals surface area contributed by atoms with Gasteiger partial charge in [0.25, 0.3) is 0 Å². The summed E-state index contributed by atoms with van der Waals surface area (Å²) in [5, 5.41) is 0. The zero-order valence-corrected chi connectivity index (χ0v) is 9.12. The molecule has 15 heavy (non-hydrogen) atoms. The van der Waals surface area contributed by atoms with Crippen LogP contribution in [0.3, 0.4) is 0 Å². The lowest BCUT2D eigenvalue weighted by atomic mass is 9.92. The van der Waals surface area contributed by atoms with Crippen LogP contribution in [-0.2, 0) is 4.79 Å². The van der Waals surface area contributed by atoms with E-state index in [1.807, 2.05) is 0 Å². The highest BCUT2D eigenvalue weighted by Crippen LogP contribution is 2.22. The largest absolute Gasteiger partial charge is 0.300 e. The van der Waals surface area contributed by atoms with Crippen LogP contribution in [0, 0.1) is 6.92 Å². The zero-order valence-electron chi connectivity index (χ0n) is 9.12. The first-order valence-electron chi connectivity index (χ1n) is 5.52. The minimum Gasteiger partial charge on any atom is -0.300 e. The smallest absolute Gasteiger partial charge is 0.133 e. The third-order valence-electron chi connectivity index (χ3n) is 2.90. The summed E-state index contributed by atoms with van der Waals surface area (Å²) in [6.45, 7) is 2.09. The SMILES string of the molecule is Cc1ccc(C=C2CCC(=O)CC2)cc1. The Kier molecular flexibility index (Phi) is 3.00.